The van der Waals surface area contributed by atoms with Crippen LogP contribution in [0, 0.1) is 11.3 Å². The number of hydrogen-bond acceptors (Lipinski definition) is 3. The van der Waals surface area contributed by atoms with E-state index in [4.69, 9.17) is 10.00 Å². The Morgan fingerprint density at radius 1 is 1.04 bits per heavy atom. The summed E-state index contributed by atoms with van der Waals surface area (Å²) in [6.45, 7) is 0. The number of benzene rings is 2. The highest BCUT2D eigenvalue weighted by atomic mass is 79.9. The Labute approximate surface area is 170 Å². The van der Waals surface area contributed by atoms with Gasteiger partial charge in [-0.15, -0.1) is 0 Å². The van der Waals surface area contributed by atoms with Crippen molar-refractivity contribution >= 4 is 37.8 Å². The van der Waals surface area contributed by atoms with Gasteiger partial charge in [0.25, 0.3) is 0 Å². The van der Waals surface area contributed by atoms with Crippen LogP contribution in [0.4, 0.5) is 0 Å². The van der Waals surface area contributed by atoms with E-state index in [1.807, 2.05) is 18.2 Å². The predicted molar refractivity (Wildman–Crippen MR) is 108 cm³/mol. The molecule has 0 radical (unpaired) electrons. The van der Waals surface area contributed by atoms with E-state index in [-0.39, 0.29) is 17.8 Å². The molecule has 2 aromatic carbocycles. The van der Waals surface area contributed by atoms with Crippen LogP contribution < -0.4 is 0 Å². The number of halogens is 2. The molecule has 134 valence electrons. The molecule has 2 aliphatic carbocycles. The van der Waals surface area contributed by atoms with Crippen LogP contribution >= 0.6 is 31.9 Å². The Balaban J connectivity index is 0.000000152. The second kappa shape index (κ2) is 8.37. The molecule has 2 aromatic rings. The number of fused-ring (bicyclic) bond motifs is 2. The van der Waals surface area contributed by atoms with Gasteiger partial charge in [0.1, 0.15) is 0 Å². The van der Waals surface area contributed by atoms with E-state index in [2.05, 4.69) is 56.1 Å². The molecule has 0 saturated heterocycles. The Hall–Kier alpha value is -1.64. The van der Waals surface area contributed by atoms with E-state index in [0.717, 1.165) is 40.2 Å². The summed E-state index contributed by atoms with van der Waals surface area (Å²) in [4.78, 5) is 11.4. The first-order valence-corrected chi connectivity index (χ1v) is 10.2. The lowest BCUT2D eigenvalue weighted by Crippen LogP contribution is -2.11. The first-order valence-electron chi connectivity index (χ1n) is 8.57. The van der Waals surface area contributed by atoms with Gasteiger partial charge in [0.05, 0.1) is 25.0 Å². The van der Waals surface area contributed by atoms with Crippen molar-refractivity contribution in [1.29, 1.82) is 5.26 Å². The van der Waals surface area contributed by atoms with Crippen LogP contribution in [0.5, 0.6) is 0 Å². The summed E-state index contributed by atoms with van der Waals surface area (Å²) in [5.41, 5.74) is 4.94. The first-order chi connectivity index (χ1) is 12.5. The minimum absolute atomic E-state index is 0.0527. The second-order valence-corrected chi connectivity index (χ2v) is 8.35. The van der Waals surface area contributed by atoms with Gasteiger partial charge in [-0.05, 0) is 72.2 Å². The normalized spacial score (nSPS) is 19.6. The number of esters is 1. The smallest absolute Gasteiger partial charge is 0.313 e. The van der Waals surface area contributed by atoms with Crippen molar-refractivity contribution in [3.05, 3.63) is 67.6 Å². The summed E-state index contributed by atoms with van der Waals surface area (Å²) in [5, 5.41) is 8.82. The van der Waals surface area contributed by atoms with E-state index < -0.39 is 0 Å². The maximum atomic E-state index is 11.4. The van der Waals surface area contributed by atoms with Crippen LogP contribution in [-0.2, 0) is 22.4 Å². The molecular formula is C21H19Br2NO2. The third-order valence-corrected chi connectivity index (χ3v) is 5.99. The van der Waals surface area contributed by atoms with Gasteiger partial charge in [0, 0.05) is 8.95 Å². The minimum atomic E-state index is -0.119. The van der Waals surface area contributed by atoms with Crippen molar-refractivity contribution in [1.82, 2.24) is 0 Å². The van der Waals surface area contributed by atoms with E-state index in [0.29, 0.717) is 0 Å². The van der Waals surface area contributed by atoms with Gasteiger partial charge in [-0.2, -0.15) is 5.26 Å². The molecule has 0 aliphatic heterocycles. The van der Waals surface area contributed by atoms with Crippen molar-refractivity contribution in [2.75, 3.05) is 7.11 Å². The summed E-state index contributed by atoms with van der Waals surface area (Å²) >= 11 is 6.85. The molecule has 0 bridgehead atoms. The fourth-order valence-electron chi connectivity index (χ4n) is 3.69. The lowest BCUT2D eigenvalue weighted by molar-refractivity contribution is -0.142. The van der Waals surface area contributed by atoms with Crippen molar-refractivity contribution in [2.45, 2.75) is 37.5 Å². The zero-order valence-corrected chi connectivity index (χ0v) is 17.6. The molecule has 0 N–H and O–H groups in total. The SMILES string of the molecule is COC(=O)C1CCc2cc(Br)ccc21.N#CC1CCc2cc(Br)ccc21. The highest BCUT2D eigenvalue weighted by Gasteiger charge is 2.29. The molecular weight excluding hydrogens is 458 g/mol. The Morgan fingerprint density at radius 2 is 1.62 bits per heavy atom. The number of nitrogens with zero attached hydrogens (tertiary/aromatic N) is 1. The van der Waals surface area contributed by atoms with Gasteiger partial charge in [0.15, 0.2) is 0 Å². The lowest BCUT2D eigenvalue weighted by Gasteiger charge is -2.08. The summed E-state index contributed by atoms with van der Waals surface area (Å²) in [6.07, 6.45) is 3.88. The maximum absolute atomic E-state index is 11.4. The molecule has 0 heterocycles. The number of methoxy groups -OCH3 is 1. The summed E-state index contributed by atoms with van der Waals surface area (Å²) in [7, 11) is 1.44. The Kier molecular flexibility index (Phi) is 6.16. The summed E-state index contributed by atoms with van der Waals surface area (Å²) < 4.78 is 6.95. The largest absolute Gasteiger partial charge is 0.469 e. The van der Waals surface area contributed by atoms with Gasteiger partial charge in [-0.25, -0.2) is 0 Å². The maximum Gasteiger partial charge on any atom is 0.313 e. The molecule has 0 fully saturated rings. The fraction of sp³-hybridized carbons (Fsp3) is 0.333. The van der Waals surface area contributed by atoms with Crippen LogP contribution in [0.1, 0.15) is 46.9 Å². The second-order valence-electron chi connectivity index (χ2n) is 6.52. The van der Waals surface area contributed by atoms with Crippen molar-refractivity contribution < 1.29 is 9.53 Å². The van der Waals surface area contributed by atoms with Gasteiger partial charge in [0.2, 0.25) is 0 Å². The molecule has 3 nitrogen and oxygen atoms in total. The van der Waals surface area contributed by atoms with Crippen LogP contribution in [0.15, 0.2) is 45.3 Å². The van der Waals surface area contributed by atoms with Gasteiger partial charge in [-0.1, -0.05) is 44.0 Å². The van der Waals surface area contributed by atoms with Crippen molar-refractivity contribution in [3.63, 3.8) is 0 Å². The lowest BCUT2D eigenvalue weighted by atomic mass is 10.0. The quantitative estimate of drug-likeness (QED) is 0.499. The van der Waals surface area contributed by atoms with E-state index >= 15 is 0 Å². The average Bonchev–Trinajstić information content (AvgIpc) is 3.24. The Bertz CT molecular complexity index is 873. The van der Waals surface area contributed by atoms with Gasteiger partial charge < -0.3 is 4.74 Å². The average molecular weight is 477 g/mol. The molecule has 0 saturated carbocycles. The van der Waals surface area contributed by atoms with Crippen LogP contribution in [0.3, 0.4) is 0 Å². The molecule has 4 rings (SSSR count). The fourth-order valence-corrected chi connectivity index (χ4v) is 4.51. The highest BCUT2D eigenvalue weighted by molar-refractivity contribution is 9.10. The third kappa shape index (κ3) is 4.02. The monoisotopic (exact) mass is 475 g/mol. The van der Waals surface area contributed by atoms with E-state index in [1.54, 1.807) is 0 Å². The number of aryl methyl sites for hydroxylation is 2. The van der Waals surface area contributed by atoms with E-state index in [9.17, 15) is 4.79 Å². The Morgan fingerprint density at radius 3 is 2.23 bits per heavy atom. The summed E-state index contributed by atoms with van der Waals surface area (Å²) in [5.74, 6) is -0.0396. The van der Waals surface area contributed by atoms with Gasteiger partial charge >= 0.3 is 5.97 Å². The number of carbonyl (C=O) groups excluding carboxylic acids is 1. The van der Waals surface area contributed by atoms with E-state index in [1.165, 1.54) is 23.8 Å². The van der Waals surface area contributed by atoms with Crippen LogP contribution in [0.2, 0.25) is 0 Å². The number of carbonyl (C=O) groups is 1. The number of rotatable bonds is 1. The molecule has 5 heteroatoms. The number of ether oxygens (including phenoxy) is 1. The van der Waals surface area contributed by atoms with Crippen LogP contribution in [0.25, 0.3) is 0 Å². The third-order valence-electron chi connectivity index (χ3n) is 5.01. The van der Waals surface area contributed by atoms with Crippen molar-refractivity contribution in [3.8, 4) is 6.07 Å². The van der Waals surface area contributed by atoms with Gasteiger partial charge in [-0.3, -0.25) is 4.79 Å². The topological polar surface area (TPSA) is 50.1 Å². The minimum Gasteiger partial charge on any atom is -0.469 e. The standard InChI is InChI=1S/C11H11BrO2.C10H8BrN/c1-14-11(13)10-4-2-7-6-8(12)3-5-9(7)10;11-9-3-4-10-7(5-9)1-2-8(10)6-12/h3,5-6,10H,2,4H2,1H3;3-5,8H,1-2H2. The molecule has 26 heavy (non-hydrogen) atoms. The molecule has 2 atom stereocenters. The zero-order valence-electron chi connectivity index (χ0n) is 14.5. The van der Waals surface area contributed by atoms with Crippen molar-refractivity contribution in [2.24, 2.45) is 0 Å². The summed E-state index contributed by atoms with van der Waals surface area (Å²) in [6, 6.07) is 14.6. The van der Waals surface area contributed by atoms with Crippen LogP contribution in [-0.4, -0.2) is 13.1 Å². The molecule has 2 unspecified atom stereocenters. The number of nitriles is 1. The molecule has 2 aliphatic rings. The molecule has 0 amide bonds. The first kappa shape index (κ1) is 19.1. The molecule has 0 spiro atoms. The number of hydrogen-bond donors (Lipinski definition) is 0. The zero-order chi connectivity index (χ0) is 18.7. The molecule has 0 aromatic heterocycles. The predicted octanol–water partition coefficient (Wildman–Crippen LogP) is 5.65. The highest BCUT2D eigenvalue weighted by Crippen LogP contribution is 2.35.